The highest BCUT2D eigenvalue weighted by molar-refractivity contribution is 7.15. The van der Waals surface area contributed by atoms with Crippen LogP contribution in [-0.4, -0.2) is 50.6 Å². The number of anilines is 1. The Balaban J connectivity index is 1.12. The number of aryl methyl sites for hydroxylation is 3. The Morgan fingerprint density at radius 1 is 0.821 bits per heavy atom. The molecule has 0 amide bonds. The molecule has 2 aliphatic rings. The zero-order valence-electron chi connectivity index (χ0n) is 22.7. The summed E-state index contributed by atoms with van der Waals surface area (Å²) in [7, 11) is 0. The van der Waals surface area contributed by atoms with E-state index in [4.69, 9.17) is 15.0 Å². The molecule has 5 aromatic rings. The minimum atomic E-state index is 0.972. The normalized spacial score (nSPS) is 16.1. The van der Waals surface area contributed by atoms with E-state index >= 15 is 0 Å². The van der Waals surface area contributed by atoms with Crippen LogP contribution in [0.2, 0.25) is 0 Å². The Kier molecular flexibility index (Phi) is 6.41. The molecule has 1 saturated heterocycles. The number of nitrogens with zero attached hydrogens (tertiary/aromatic N) is 6. The summed E-state index contributed by atoms with van der Waals surface area (Å²) in [5, 5.41) is 1.11. The lowest BCUT2D eigenvalue weighted by molar-refractivity contribution is 0.249. The molecule has 0 spiro atoms. The molecule has 5 heterocycles. The third-order valence-corrected chi connectivity index (χ3v) is 9.44. The van der Waals surface area contributed by atoms with Crippen LogP contribution in [-0.2, 0) is 19.5 Å². The van der Waals surface area contributed by atoms with Crippen molar-refractivity contribution < 1.29 is 0 Å². The van der Waals surface area contributed by atoms with Gasteiger partial charge in [0.05, 0.1) is 11.3 Å². The zero-order valence-corrected chi connectivity index (χ0v) is 23.5. The first kappa shape index (κ1) is 24.5. The average molecular weight is 535 g/mol. The minimum absolute atomic E-state index is 0.972. The largest absolute Gasteiger partial charge is 0.352 e. The van der Waals surface area contributed by atoms with Crippen molar-refractivity contribution in [3.8, 4) is 21.7 Å². The molecular formula is C32H34N6S. The van der Waals surface area contributed by atoms with Crippen molar-refractivity contribution in [1.82, 2.24) is 24.4 Å². The molecule has 0 bridgehead atoms. The Labute approximate surface area is 234 Å². The van der Waals surface area contributed by atoms with Crippen LogP contribution in [0.4, 0.5) is 5.82 Å². The summed E-state index contributed by atoms with van der Waals surface area (Å²) in [6.07, 6.45) is 5.28. The first-order valence-electron chi connectivity index (χ1n) is 14.1. The highest BCUT2D eigenvalue weighted by atomic mass is 32.1. The molecule has 1 fully saturated rings. The predicted octanol–water partition coefficient (Wildman–Crippen LogP) is 6.50. The molecule has 39 heavy (non-hydrogen) atoms. The van der Waals surface area contributed by atoms with E-state index in [0.717, 1.165) is 67.7 Å². The molecule has 7 rings (SSSR count). The summed E-state index contributed by atoms with van der Waals surface area (Å²) in [5.41, 5.74) is 9.95. The van der Waals surface area contributed by atoms with Gasteiger partial charge in [0, 0.05) is 49.8 Å². The molecule has 0 saturated carbocycles. The molecule has 7 heteroatoms. The minimum Gasteiger partial charge on any atom is -0.352 e. The SMILES string of the molecule is Cc1nc(-c2c3n(c4c(N5CCN(Cc6ccc(-c7ccccc7)cc6)CC5)ncnc24)CCCC3)sc1C. The maximum Gasteiger partial charge on any atom is 0.156 e. The predicted molar refractivity (Wildman–Crippen MR) is 160 cm³/mol. The molecule has 0 unspecified atom stereocenters. The van der Waals surface area contributed by atoms with Gasteiger partial charge in [-0.2, -0.15) is 0 Å². The first-order valence-corrected chi connectivity index (χ1v) is 14.9. The van der Waals surface area contributed by atoms with Gasteiger partial charge in [0.15, 0.2) is 5.82 Å². The number of fused-ring (bicyclic) bond motifs is 3. The van der Waals surface area contributed by atoms with Crippen LogP contribution in [0.25, 0.3) is 32.7 Å². The van der Waals surface area contributed by atoms with Crippen LogP contribution in [0.1, 0.15) is 34.7 Å². The Bertz CT molecular complexity index is 1590. The second-order valence-corrected chi connectivity index (χ2v) is 12.0. The molecular weight excluding hydrogens is 500 g/mol. The van der Waals surface area contributed by atoms with Gasteiger partial charge in [-0.05, 0) is 49.8 Å². The third kappa shape index (κ3) is 4.53. The van der Waals surface area contributed by atoms with Gasteiger partial charge in [-0.1, -0.05) is 54.6 Å². The van der Waals surface area contributed by atoms with Crippen LogP contribution < -0.4 is 4.90 Å². The quantitative estimate of drug-likeness (QED) is 0.258. The van der Waals surface area contributed by atoms with E-state index in [1.54, 1.807) is 17.7 Å². The Hall–Kier alpha value is -3.55. The number of hydrogen-bond acceptors (Lipinski definition) is 6. The van der Waals surface area contributed by atoms with Gasteiger partial charge in [0.2, 0.25) is 0 Å². The van der Waals surface area contributed by atoms with Crippen LogP contribution in [0.5, 0.6) is 0 Å². The Morgan fingerprint density at radius 3 is 2.33 bits per heavy atom. The van der Waals surface area contributed by atoms with E-state index in [9.17, 15) is 0 Å². The standard InChI is InChI=1S/C32H34N6S/c1-22-23(2)39-32(35-22)28-27-10-6-7-15-38(27)30-29(28)33-21-34-31(30)37-18-16-36(17-19-37)20-24-11-13-26(14-12-24)25-8-4-3-5-9-25/h3-5,8-9,11-14,21H,6-7,10,15-20H2,1-2H3. The van der Waals surface area contributed by atoms with Crippen molar-refractivity contribution in [3.05, 3.63) is 82.8 Å². The maximum absolute atomic E-state index is 4.95. The first-order chi connectivity index (χ1) is 19.2. The molecule has 0 radical (unpaired) electrons. The van der Waals surface area contributed by atoms with E-state index < -0.39 is 0 Å². The Morgan fingerprint density at radius 2 is 1.59 bits per heavy atom. The van der Waals surface area contributed by atoms with Crippen LogP contribution in [0.3, 0.4) is 0 Å². The van der Waals surface area contributed by atoms with Crippen molar-refractivity contribution in [3.63, 3.8) is 0 Å². The lowest BCUT2D eigenvalue weighted by atomic mass is 10.0. The molecule has 3 aromatic heterocycles. The third-order valence-electron chi connectivity index (χ3n) is 8.35. The van der Waals surface area contributed by atoms with Crippen LogP contribution in [0, 0.1) is 13.8 Å². The van der Waals surface area contributed by atoms with Crippen molar-refractivity contribution >= 4 is 28.2 Å². The molecule has 2 aliphatic heterocycles. The zero-order chi connectivity index (χ0) is 26.3. The second kappa shape index (κ2) is 10.2. The molecule has 0 atom stereocenters. The second-order valence-electron chi connectivity index (χ2n) is 10.8. The van der Waals surface area contributed by atoms with Crippen LogP contribution in [0.15, 0.2) is 60.9 Å². The van der Waals surface area contributed by atoms with Gasteiger partial charge >= 0.3 is 0 Å². The fraction of sp³-hybridized carbons (Fsp3) is 0.344. The van der Waals surface area contributed by atoms with Gasteiger partial charge < -0.3 is 9.47 Å². The van der Waals surface area contributed by atoms with Gasteiger partial charge in [-0.15, -0.1) is 11.3 Å². The summed E-state index contributed by atoms with van der Waals surface area (Å²) < 4.78 is 2.51. The smallest absolute Gasteiger partial charge is 0.156 e. The summed E-state index contributed by atoms with van der Waals surface area (Å²) in [4.78, 5) is 21.0. The topological polar surface area (TPSA) is 50.1 Å². The number of hydrogen-bond donors (Lipinski definition) is 0. The van der Waals surface area contributed by atoms with Gasteiger partial charge in [0.25, 0.3) is 0 Å². The fourth-order valence-electron chi connectivity index (χ4n) is 6.12. The molecule has 0 aliphatic carbocycles. The van der Waals surface area contributed by atoms with Crippen molar-refractivity contribution in [2.24, 2.45) is 0 Å². The van der Waals surface area contributed by atoms with E-state index in [-0.39, 0.29) is 0 Å². The van der Waals surface area contributed by atoms with Crippen molar-refractivity contribution in [2.75, 3.05) is 31.1 Å². The summed E-state index contributed by atoms with van der Waals surface area (Å²) in [5.74, 6) is 1.09. The molecule has 0 N–H and O–H groups in total. The highest BCUT2D eigenvalue weighted by Gasteiger charge is 2.29. The van der Waals surface area contributed by atoms with E-state index in [0.29, 0.717) is 0 Å². The average Bonchev–Trinajstić information content (AvgIpc) is 3.50. The molecule has 2 aromatic carbocycles. The number of thiazole rings is 1. The summed E-state index contributed by atoms with van der Waals surface area (Å²) >= 11 is 1.80. The lowest BCUT2D eigenvalue weighted by Gasteiger charge is -2.35. The van der Waals surface area contributed by atoms with Gasteiger partial charge in [0.1, 0.15) is 22.4 Å². The number of benzene rings is 2. The van der Waals surface area contributed by atoms with Gasteiger partial charge in [-0.3, -0.25) is 4.90 Å². The summed E-state index contributed by atoms with van der Waals surface area (Å²) in [6, 6.07) is 19.6. The monoisotopic (exact) mass is 534 g/mol. The fourth-order valence-corrected chi connectivity index (χ4v) is 7.10. The molecule has 198 valence electrons. The van der Waals surface area contributed by atoms with Crippen LogP contribution >= 0.6 is 11.3 Å². The van der Waals surface area contributed by atoms with Gasteiger partial charge in [-0.25, -0.2) is 15.0 Å². The number of rotatable bonds is 5. The number of piperazine rings is 1. The highest BCUT2D eigenvalue weighted by Crippen LogP contribution is 2.41. The maximum atomic E-state index is 4.95. The van der Waals surface area contributed by atoms with E-state index in [1.807, 2.05) is 0 Å². The number of aromatic nitrogens is 4. The van der Waals surface area contributed by atoms with Crippen molar-refractivity contribution in [1.29, 1.82) is 0 Å². The van der Waals surface area contributed by atoms with E-state index in [1.165, 1.54) is 51.2 Å². The summed E-state index contributed by atoms with van der Waals surface area (Å²) in [6.45, 7) is 10.3. The van der Waals surface area contributed by atoms with E-state index in [2.05, 4.69) is 82.8 Å². The van der Waals surface area contributed by atoms with Crippen molar-refractivity contribution in [2.45, 2.75) is 46.2 Å². The lowest BCUT2D eigenvalue weighted by Crippen LogP contribution is -2.46. The molecule has 6 nitrogen and oxygen atoms in total.